The van der Waals surface area contributed by atoms with Crippen LogP contribution in [0.25, 0.3) is 5.57 Å². The van der Waals surface area contributed by atoms with Crippen LogP contribution in [0.1, 0.15) is 51.3 Å². The number of nitrogens with zero attached hydrogens (tertiary/aromatic N) is 2. The van der Waals surface area contributed by atoms with E-state index in [0.717, 1.165) is 11.1 Å². The zero-order chi connectivity index (χ0) is 21.4. The van der Waals surface area contributed by atoms with Gasteiger partial charge in [-0.15, -0.1) is 0 Å². The third-order valence-corrected chi connectivity index (χ3v) is 4.12. The summed E-state index contributed by atoms with van der Waals surface area (Å²) in [5.41, 5.74) is 3.16. The molecule has 1 amide bonds. The number of halogens is 1. The van der Waals surface area contributed by atoms with Crippen LogP contribution in [0.3, 0.4) is 0 Å². The molecule has 1 aliphatic rings. The number of nitrogens with one attached hydrogen (secondary N) is 2. The molecule has 1 aromatic carbocycles. The number of hydrogen-bond donors (Lipinski definition) is 2. The van der Waals surface area contributed by atoms with Crippen LogP contribution in [0, 0.1) is 17.7 Å². The van der Waals surface area contributed by atoms with Crippen LogP contribution in [0.15, 0.2) is 40.9 Å². The molecule has 28 heavy (non-hydrogen) atoms. The van der Waals surface area contributed by atoms with Crippen molar-refractivity contribution in [2.24, 2.45) is 4.99 Å². The molecule has 0 unspecified atom stereocenters. The number of aryl methyl sites for hydroxylation is 1. The second-order valence-electron chi connectivity index (χ2n) is 5.79. The van der Waals surface area contributed by atoms with Gasteiger partial charge >= 0.3 is 0 Å². The highest BCUT2D eigenvalue weighted by Crippen LogP contribution is 2.28. The Morgan fingerprint density at radius 2 is 2.00 bits per heavy atom. The summed E-state index contributed by atoms with van der Waals surface area (Å²) >= 11 is 0. The summed E-state index contributed by atoms with van der Waals surface area (Å²) in [5.74, 6) is -0.425. The molecule has 6 nitrogen and oxygen atoms in total. The molecule has 0 aliphatic carbocycles. The summed E-state index contributed by atoms with van der Waals surface area (Å²) < 4.78 is 12.1. The number of carbonyl (C=O) groups excluding carboxylic acids is 1. The number of carbonyl (C=O) groups is 1. The van der Waals surface area contributed by atoms with Crippen LogP contribution in [-0.4, -0.2) is 34.9 Å². The Hall–Kier alpha value is -3.09. The molecule has 2 rings (SSSR count). The van der Waals surface area contributed by atoms with Gasteiger partial charge < -0.3 is 0 Å². The fourth-order valence-corrected chi connectivity index (χ4v) is 2.76. The molecular formula is C21H27FN4O2. The third-order valence-electron chi connectivity index (χ3n) is 4.12. The molecule has 150 valence electrons. The van der Waals surface area contributed by atoms with Gasteiger partial charge in [-0.25, -0.2) is 0 Å². The smallest absolute Gasteiger partial charge is 0.260 e. The molecule has 0 spiro atoms. The molecule has 1 aliphatic heterocycles. The van der Waals surface area contributed by atoms with Crippen molar-refractivity contribution in [2.75, 3.05) is 6.54 Å². The summed E-state index contributed by atoms with van der Waals surface area (Å²) in [6, 6.07) is 5.10. The number of hydrogen-bond acceptors (Lipinski definition) is 4. The fraction of sp³-hybridized carbons (Fsp3) is 0.333. The summed E-state index contributed by atoms with van der Waals surface area (Å²) in [5, 5.41) is 16.0. The normalized spacial score (nSPS) is 15.8. The van der Waals surface area contributed by atoms with E-state index in [1.807, 2.05) is 34.6 Å². The van der Waals surface area contributed by atoms with Gasteiger partial charge in [0, 0.05) is 34.7 Å². The van der Waals surface area contributed by atoms with Crippen molar-refractivity contribution in [3.05, 3.63) is 52.6 Å². The van der Waals surface area contributed by atoms with Gasteiger partial charge in [-0.1, -0.05) is 32.1 Å². The van der Waals surface area contributed by atoms with E-state index in [1.165, 1.54) is 11.8 Å². The van der Waals surface area contributed by atoms with Crippen molar-refractivity contribution in [1.82, 2.24) is 4.90 Å². The van der Waals surface area contributed by atoms with Crippen LogP contribution >= 0.6 is 0 Å². The minimum absolute atomic E-state index is 0.134. The SMILES string of the molecule is C/C=C1/C=C(c2ccc(C(=N)N=C(C)OF)cc2C)C(=O)N(CC)C1=N.CC. The van der Waals surface area contributed by atoms with Gasteiger partial charge in [0.1, 0.15) is 5.84 Å². The molecule has 0 bridgehead atoms. The first-order valence-corrected chi connectivity index (χ1v) is 9.16. The largest absolute Gasteiger partial charge is 0.293 e. The zero-order valence-corrected chi connectivity index (χ0v) is 17.2. The first-order chi connectivity index (χ1) is 13.3. The predicted octanol–water partition coefficient (Wildman–Crippen LogP) is 4.84. The topological polar surface area (TPSA) is 89.6 Å². The minimum atomic E-state index is -0.253. The van der Waals surface area contributed by atoms with E-state index >= 15 is 0 Å². The van der Waals surface area contributed by atoms with E-state index in [4.69, 9.17) is 10.8 Å². The molecule has 0 atom stereocenters. The number of aliphatic imine (C=N–C) groups is 1. The van der Waals surface area contributed by atoms with E-state index in [-0.39, 0.29) is 23.5 Å². The molecule has 0 saturated heterocycles. The Bertz CT molecular complexity index is 869. The van der Waals surface area contributed by atoms with E-state index in [9.17, 15) is 9.32 Å². The molecule has 1 heterocycles. The fourth-order valence-electron chi connectivity index (χ4n) is 2.76. The molecule has 1 aromatic rings. The lowest BCUT2D eigenvalue weighted by atomic mass is 9.92. The summed E-state index contributed by atoms with van der Waals surface area (Å²) in [7, 11) is 0. The molecule has 0 saturated carbocycles. The summed E-state index contributed by atoms with van der Waals surface area (Å²) in [4.78, 5) is 21.4. The maximum atomic E-state index is 12.8. The number of likely N-dealkylation sites (N-methyl/N-ethyl adjacent to an activating group) is 1. The molecule has 0 fully saturated rings. The highest BCUT2D eigenvalue weighted by Gasteiger charge is 2.29. The Kier molecular flexibility index (Phi) is 8.44. The van der Waals surface area contributed by atoms with E-state index < -0.39 is 0 Å². The average molecular weight is 386 g/mol. The number of amides is 1. The molecule has 2 N–H and O–H groups in total. The van der Waals surface area contributed by atoms with E-state index in [1.54, 1.807) is 30.4 Å². The molecule has 7 heteroatoms. The Balaban J connectivity index is 0.00000190. The minimum Gasteiger partial charge on any atom is -0.293 e. The highest BCUT2D eigenvalue weighted by molar-refractivity contribution is 6.30. The number of allylic oxidation sites excluding steroid dienone is 1. The maximum Gasteiger partial charge on any atom is 0.260 e. The lowest BCUT2D eigenvalue weighted by molar-refractivity contribution is -0.121. The Labute approximate surface area is 165 Å². The lowest BCUT2D eigenvalue weighted by Gasteiger charge is -2.28. The van der Waals surface area contributed by atoms with Crippen LogP contribution < -0.4 is 0 Å². The van der Waals surface area contributed by atoms with Crippen molar-refractivity contribution in [3.63, 3.8) is 0 Å². The van der Waals surface area contributed by atoms with E-state index in [0.29, 0.717) is 23.3 Å². The Morgan fingerprint density at radius 1 is 1.36 bits per heavy atom. The monoisotopic (exact) mass is 386 g/mol. The summed E-state index contributed by atoms with van der Waals surface area (Å²) in [6.45, 7) is 11.2. The Morgan fingerprint density at radius 3 is 2.50 bits per heavy atom. The highest BCUT2D eigenvalue weighted by atomic mass is 19.3. The quantitative estimate of drug-likeness (QED) is 0.575. The van der Waals surface area contributed by atoms with Gasteiger partial charge in [0.05, 0.1) is 0 Å². The average Bonchev–Trinajstić information content (AvgIpc) is 2.70. The van der Waals surface area contributed by atoms with Gasteiger partial charge in [0.15, 0.2) is 5.84 Å². The van der Waals surface area contributed by atoms with Gasteiger partial charge in [-0.3, -0.25) is 25.5 Å². The van der Waals surface area contributed by atoms with Crippen molar-refractivity contribution in [2.45, 2.75) is 41.5 Å². The van der Waals surface area contributed by atoms with Crippen molar-refractivity contribution >= 4 is 29.0 Å². The second-order valence-corrected chi connectivity index (χ2v) is 5.79. The van der Waals surface area contributed by atoms with Gasteiger partial charge in [0.2, 0.25) is 5.90 Å². The van der Waals surface area contributed by atoms with Crippen molar-refractivity contribution < 1.29 is 14.3 Å². The third kappa shape index (κ3) is 4.79. The lowest BCUT2D eigenvalue weighted by Crippen LogP contribution is -2.40. The first kappa shape index (κ1) is 23.0. The van der Waals surface area contributed by atoms with E-state index in [2.05, 4.69) is 9.93 Å². The van der Waals surface area contributed by atoms with Gasteiger partial charge in [-0.05, 0) is 44.0 Å². The number of rotatable bonds is 3. The van der Waals surface area contributed by atoms with Crippen LogP contribution in [0.5, 0.6) is 0 Å². The standard InChI is InChI=1S/C19H21FN4O2.C2H6/c1-5-13-10-16(19(25)24(6-2)18(13)22)15-8-7-14(9-11(15)3)17(21)23-12(4)26-20;1-2/h5,7-10,21-22H,6H2,1-4H3;1-2H3/b13-5-,21-17?,22-18?,23-12?;. The summed E-state index contributed by atoms with van der Waals surface area (Å²) in [6.07, 6.45) is 3.51. The molecule has 0 aromatic heterocycles. The van der Waals surface area contributed by atoms with Crippen molar-refractivity contribution in [1.29, 1.82) is 10.8 Å². The maximum absolute atomic E-state index is 12.8. The first-order valence-electron chi connectivity index (χ1n) is 9.16. The van der Waals surface area contributed by atoms with Gasteiger partial charge in [0.25, 0.3) is 5.91 Å². The van der Waals surface area contributed by atoms with Crippen LogP contribution in [0.4, 0.5) is 4.53 Å². The van der Waals surface area contributed by atoms with Gasteiger partial charge in [-0.2, -0.15) is 4.99 Å². The van der Waals surface area contributed by atoms with Crippen LogP contribution in [-0.2, 0) is 9.74 Å². The predicted molar refractivity (Wildman–Crippen MR) is 112 cm³/mol. The molecular weight excluding hydrogens is 359 g/mol. The molecule has 0 radical (unpaired) electrons. The number of benzene rings is 1. The van der Waals surface area contributed by atoms with Crippen molar-refractivity contribution in [3.8, 4) is 0 Å². The number of amidine groups is 2. The van der Waals surface area contributed by atoms with Crippen LogP contribution in [0.2, 0.25) is 0 Å². The zero-order valence-electron chi connectivity index (χ0n) is 17.2. The second kappa shape index (κ2) is 10.3.